The van der Waals surface area contributed by atoms with E-state index in [-0.39, 0.29) is 10.5 Å². The van der Waals surface area contributed by atoms with Gasteiger partial charge in [-0.25, -0.2) is 17.6 Å². The normalized spacial score (nSPS) is 17.2. The minimum atomic E-state index is -3.60. The number of carboxylic acids is 1. The summed E-state index contributed by atoms with van der Waals surface area (Å²) < 4.78 is 38.9. The smallest absolute Gasteiger partial charge is 0.328 e. The first-order chi connectivity index (χ1) is 11.4. The molecule has 9 heteroatoms. The van der Waals surface area contributed by atoms with Crippen LogP contribution >= 0.6 is 0 Å². The van der Waals surface area contributed by atoms with Crippen LogP contribution in [0.5, 0.6) is 0 Å². The van der Waals surface area contributed by atoms with Gasteiger partial charge in [-0.05, 0) is 37.1 Å². The molecule has 1 amide bonds. The van der Waals surface area contributed by atoms with E-state index in [9.17, 15) is 22.4 Å². The third kappa shape index (κ3) is 4.09. The van der Waals surface area contributed by atoms with Gasteiger partial charge in [-0.1, -0.05) is 6.42 Å². The number of carbonyl (C=O) groups is 2. The van der Waals surface area contributed by atoms with Gasteiger partial charge in [-0.2, -0.15) is 4.31 Å². The number of amides is 1. The molecule has 1 unspecified atom stereocenters. The first-order valence-electron chi connectivity index (χ1n) is 7.56. The minimum absolute atomic E-state index is 0.0623. The molecule has 1 heterocycles. The summed E-state index contributed by atoms with van der Waals surface area (Å²) in [6, 6.07) is 3.52. The van der Waals surface area contributed by atoms with Crippen LogP contribution in [0, 0.1) is 0 Å². The molecule has 1 aromatic rings. The highest BCUT2D eigenvalue weighted by atomic mass is 32.2. The van der Waals surface area contributed by atoms with E-state index < -0.39 is 34.6 Å². The van der Waals surface area contributed by atoms with Crippen molar-refractivity contribution in [3.8, 4) is 0 Å². The van der Waals surface area contributed by atoms with Crippen LogP contribution in [-0.4, -0.2) is 55.5 Å². The lowest BCUT2D eigenvalue weighted by Crippen LogP contribution is -2.42. The van der Waals surface area contributed by atoms with Crippen LogP contribution in [0.15, 0.2) is 29.2 Å². The number of hydrogen-bond acceptors (Lipinski definition) is 4. The summed E-state index contributed by atoms with van der Waals surface area (Å²) in [5.74, 6) is -2.25. The quantitative estimate of drug-likeness (QED) is 0.790. The molecule has 1 aliphatic rings. The van der Waals surface area contributed by atoms with Gasteiger partial charge >= 0.3 is 5.97 Å². The molecular formula is C15H19FN2O5S. The number of sulfonamides is 1. The van der Waals surface area contributed by atoms with Crippen LogP contribution in [0.1, 0.15) is 29.6 Å². The summed E-state index contributed by atoms with van der Waals surface area (Å²) in [5, 5.41) is 10.8. The average Bonchev–Trinajstić information content (AvgIpc) is 2.60. The van der Waals surface area contributed by atoms with E-state index in [1.807, 2.05) is 5.32 Å². The topological polar surface area (TPSA) is 104 Å². The summed E-state index contributed by atoms with van der Waals surface area (Å²) in [6.07, 6.45) is 2.64. The van der Waals surface area contributed by atoms with Crippen molar-refractivity contribution in [3.63, 3.8) is 0 Å². The van der Waals surface area contributed by atoms with Gasteiger partial charge in [0.25, 0.3) is 5.91 Å². The number of carboxylic acid groups (broad SMARTS) is 1. The molecule has 1 saturated heterocycles. The molecule has 0 spiro atoms. The van der Waals surface area contributed by atoms with Gasteiger partial charge in [0, 0.05) is 18.7 Å². The van der Waals surface area contributed by atoms with Crippen LogP contribution in [-0.2, 0) is 14.8 Å². The van der Waals surface area contributed by atoms with E-state index in [2.05, 4.69) is 0 Å². The van der Waals surface area contributed by atoms with Crippen LogP contribution in [0.2, 0.25) is 0 Å². The molecular weight excluding hydrogens is 339 g/mol. The van der Waals surface area contributed by atoms with Crippen molar-refractivity contribution in [3.05, 3.63) is 29.8 Å². The molecule has 1 aromatic carbocycles. The van der Waals surface area contributed by atoms with Crippen molar-refractivity contribution in [2.75, 3.05) is 19.8 Å². The number of hydrogen-bond donors (Lipinski definition) is 2. The average molecular weight is 358 g/mol. The van der Waals surface area contributed by atoms with Crippen molar-refractivity contribution in [1.29, 1.82) is 0 Å². The number of nitrogens with zero attached hydrogens (tertiary/aromatic N) is 1. The highest BCUT2D eigenvalue weighted by molar-refractivity contribution is 7.89. The summed E-state index contributed by atoms with van der Waals surface area (Å²) in [5.41, 5.74) is 0.0623. The Morgan fingerprint density at radius 3 is 2.25 bits per heavy atom. The van der Waals surface area contributed by atoms with Crippen molar-refractivity contribution in [2.45, 2.75) is 30.2 Å². The summed E-state index contributed by atoms with van der Waals surface area (Å²) >= 11 is 0. The van der Waals surface area contributed by atoms with Gasteiger partial charge < -0.3 is 10.4 Å². The Hall–Kier alpha value is -2.00. The van der Waals surface area contributed by atoms with Gasteiger partial charge in [0.05, 0.1) is 4.90 Å². The van der Waals surface area contributed by atoms with Crippen LogP contribution < -0.4 is 5.32 Å². The molecule has 24 heavy (non-hydrogen) atoms. The number of piperidine rings is 1. The third-order valence-electron chi connectivity index (χ3n) is 3.83. The first kappa shape index (κ1) is 18.3. The lowest BCUT2D eigenvalue weighted by molar-refractivity contribution is -0.139. The Balaban J connectivity index is 2.12. The fourth-order valence-electron chi connectivity index (χ4n) is 2.44. The number of rotatable bonds is 6. The lowest BCUT2D eigenvalue weighted by atomic mass is 10.2. The molecule has 132 valence electrons. The minimum Gasteiger partial charge on any atom is -0.480 e. The van der Waals surface area contributed by atoms with Crippen LogP contribution in [0.4, 0.5) is 4.39 Å². The van der Waals surface area contributed by atoms with Gasteiger partial charge in [-0.3, -0.25) is 4.79 Å². The summed E-state index contributed by atoms with van der Waals surface area (Å²) in [6.45, 7) is -0.286. The van der Waals surface area contributed by atoms with Gasteiger partial charge in [-0.15, -0.1) is 0 Å². The maximum Gasteiger partial charge on any atom is 0.328 e. The van der Waals surface area contributed by atoms with E-state index >= 15 is 0 Å². The van der Waals surface area contributed by atoms with Gasteiger partial charge in [0.2, 0.25) is 10.0 Å². The second-order valence-electron chi connectivity index (χ2n) is 5.51. The molecule has 0 bridgehead atoms. The van der Waals surface area contributed by atoms with Crippen molar-refractivity contribution in [2.24, 2.45) is 0 Å². The number of alkyl halides is 1. The van der Waals surface area contributed by atoms with Crippen LogP contribution in [0.3, 0.4) is 0 Å². The Kier molecular flexibility index (Phi) is 5.89. The van der Waals surface area contributed by atoms with E-state index in [0.29, 0.717) is 13.1 Å². The largest absolute Gasteiger partial charge is 0.480 e. The molecule has 2 N–H and O–H groups in total. The molecule has 0 aromatic heterocycles. The SMILES string of the molecule is O=C(NC(CF)C(=O)O)c1ccc(S(=O)(=O)N2CCCCC2)cc1. The molecule has 0 saturated carbocycles. The highest BCUT2D eigenvalue weighted by Crippen LogP contribution is 2.20. The Labute approximate surface area is 139 Å². The predicted octanol–water partition coefficient (Wildman–Crippen LogP) is 1.01. The van der Waals surface area contributed by atoms with Crippen molar-refractivity contribution in [1.82, 2.24) is 9.62 Å². The zero-order valence-electron chi connectivity index (χ0n) is 12.9. The summed E-state index contributed by atoms with van der Waals surface area (Å²) in [4.78, 5) is 22.7. The molecule has 0 radical (unpaired) electrons. The second-order valence-corrected chi connectivity index (χ2v) is 7.45. The first-order valence-corrected chi connectivity index (χ1v) is 9.00. The van der Waals surface area contributed by atoms with Crippen molar-refractivity contribution >= 4 is 21.9 Å². The fourth-order valence-corrected chi connectivity index (χ4v) is 3.96. The number of aliphatic carboxylic acids is 1. The van der Waals surface area contributed by atoms with E-state index in [0.717, 1.165) is 19.3 Å². The monoisotopic (exact) mass is 358 g/mol. The Morgan fingerprint density at radius 1 is 1.17 bits per heavy atom. The Bertz CT molecular complexity index is 699. The zero-order chi connectivity index (χ0) is 17.7. The predicted molar refractivity (Wildman–Crippen MR) is 83.9 cm³/mol. The van der Waals surface area contributed by atoms with Crippen LogP contribution in [0.25, 0.3) is 0 Å². The molecule has 7 nitrogen and oxygen atoms in total. The second kappa shape index (κ2) is 7.71. The lowest BCUT2D eigenvalue weighted by Gasteiger charge is -2.25. The van der Waals surface area contributed by atoms with E-state index in [1.54, 1.807) is 0 Å². The van der Waals surface area contributed by atoms with E-state index in [1.165, 1.54) is 28.6 Å². The molecule has 2 rings (SSSR count). The van der Waals surface area contributed by atoms with Gasteiger partial charge in [0.1, 0.15) is 6.67 Å². The summed E-state index contributed by atoms with van der Waals surface area (Å²) in [7, 11) is -3.60. The fraction of sp³-hybridized carbons (Fsp3) is 0.467. The number of halogens is 1. The Morgan fingerprint density at radius 2 is 1.75 bits per heavy atom. The number of nitrogens with one attached hydrogen (secondary N) is 1. The number of carbonyl (C=O) groups excluding carboxylic acids is 1. The molecule has 1 fully saturated rings. The molecule has 1 atom stereocenters. The standard InChI is InChI=1S/C15H19FN2O5S/c16-10-13(15(20)21)17-14(19)11-4-6-12(7-5-11)24(22,23)18-8-2-1-3-9-18/h4-7,13H,1-3,8-10H2,(H,17,19)(H,20,21). The maximum atomic E-state index is 12.5. The zero-order valence-corrected chi connectivity index (χ0v) is 13.8. The highest BCUT2D eigenvalue weighted by Gasteiger charge is 2.26. The third-order valence-corrected chi connectivity index (χ3v) is 5.74. The number of benzene rings is 1. The van der Waals surface area contributed by atoms with Crippen molar-refractivity contribution < 1.29 is 27.5 Å². The maximum absolute atomic E-state index is 12.5. The molecule has 1 aliphatic heterocycles. The van der Waals surface area contributed by atoms with E-state index in [4.69, 9.17) is 5.11 Å². The molecule has 0 aliphatic carbocycles. The van der Waals surface area contributed by atoms with Gasteiger partial charge in [0.15, 0.2) is 6.04 Å².